The molecule has 0 spiro atoms. The molecule has 0 aromatic heterocycles. The first-order valence-corrected chi connectivity index (χ1v) is 9.33. The van der Waals surface area contributed by atoms with Crippen molar-refractivity contribution in [1.82, 2.24) is 5.32 Å². The van der Waals surface area contributed by atoms with Gasteiger partial charge in [-0.1, -0.05) is 48.0 Å². The summed E-state index contributed by atoms with van der Waals surface area (Å²) in [5.41, 5.74) is 6.92. The molecule has 3 N–H and O–H groups in total. The highest BCUT2D eigenvalue weighted by Gasteiger charge is 2.18. The van der Waals surface area contributed by atoms with E-state index in [0.29, 0.717) is 16.2 Å². The van der Waals surface area contributed by atoms with Gasteiger partial charge in [0.25, 0.3) is 0 Å². The number of benzene rings is 1. The van der Waals surface area contributed by atoms with Crippen LogP contribution in [0.4, 0.5) is 0 Å². The number of hydrogen-bond donors (Lipinski definition) is 2. The molecule has 126 valence electrons. The van der Waals surface area contributed by atoms with Crippen LogP contribution in [-0.2, 0) is 9.84 Å². The van der Waals surface area contributed by atoms with E-state index in [9.17, 15) is 8.42 Å². The lowest BCUT2D eigenvalue weighted by Gasteiger charge is -2.16. The van der Waals surface area contributed by atoms with Crippen molar-refractivity contribution in [3.63, 3.8) is 0 Å². The van der Waals surface area contributed by atoms with Gasteiger partial charge in [0.15, 0.2) is 9.84 Å². The first kappa shape index (κ1) is 19.5. The van der Waals surface area contributed by atoms with E-state index in [4.69, 9.17) is 28.9 Å². The van der Waals surface area contributed by atoms with Gasteiger partial charge in [-0.05, 0) is 19.9 Å². The summed E-state index contributed by atoms with van der Waals surface area (Å²) in [5, 5.41) is 2.96. The van der Waals surface area contributed by atoms with Crippen LogP contribution in [0.15, 0.2) is 46.7 Å². The minimum absolute atomic E-state index is 0.0371. The third-order valence-corrected chi connectivity index (χ3v) is 4.26. The Balaban J connectivity index is 3.51. The van der Waals surface area contributed by atoms with Crippen LogP contribution in [0.25, 0.3) is 5.57 Å². The molecule has 0 unspecified atom stereocenters. The highest BCUT2D eigenvalue weighted by molar-refractivity contribution is 7.94. The minimum Gasteiger partial charge on any atom is -0.385 e. The Morgan fingerprint density at radius 3 is 2.39 bits per heavy atom. The van der Waals surface area contributed by atoms with Crippen molar-refractivity contribution in [2.75, 3.05) is 6.26 Å². The van der Waals surface area contributed by atoms with Crippen molar-refractivity contribution in [3.05, 3.63) is 52.3 Å². The van der Waals surface area contributed by atoms with E-state index in [1.807, 2.05) is 13.8 Å². The number of halogens is 2. The van der Waals surface area contributed by atoms with Crippen LogP contribution < -0.4 is 11.1 Å². The topological polar surface area (TPSA) is 84.5 Å². The van der Waals surface area contributed by atoms with Crippen molar-refractivity contribution in [2.24, 2.45) is 10.7 Å². The number of hydrogen-bond acceptors (Lipinski definition) is 5. The monoisotopic (exact) mass is 375 g/mol. The van der Waals surface area contributed by atoms with Crippen LogP contribution in [0.2, 0.25) is 5.02 Å². The van der Waals surface area contributed by atoms with Gasteiger partial charge in [-0.15, -0.1) is 0 Å². The number of rotatable bonds is 6. The average Bonchev–Trinajstić information content (AvgIpc) is 2.39. The molecule has 0 aliphatic carbocycles. The van der Waals surface area contributed by atoms with E-state index in [2.05, 4.69) is 16.9 Å². The zero-order valence-corrected chi connectivity index (χ0v) is 15.4. The maximum absolute atomic E-state index is 11.5. The van der Waals surface area contributed by atoms with Crippen LogP contribution in [0.1, 0.15) is 19.4 Å². The molecule has 1 aromatic carbocycles. The third-order valence-electron chi connectivity index (χ3n) is 2.71. The molecule has 0 atom stereocenters. The molecule has 5 nitrogen and oxygen atoms in total. The van der Waals surface area contributed by atoms with Crippen LogP contribution in [0, 0.1) is 0 Å². The first-order valence-electron chi connectivity index (χ1n) is 6.68. The van der Waals surface area contributed by atoms with Gasteiger partial charge in [0.05, 0.1) is 5.57 Å². The predicted octanol–water partition coefficient (Wildman–Crippen LogP) is 3.12. The number of nitrogens with one attached hydrogen (secondary N) is 1. The zero-order valence-electron chi connectivity index (χ0n) is 13.1. The molecule has 0 saturated carbocycles. The standard InChI is InChI=1S/C15H19Cl2N3O2S/c1-9(2)19-15(18)13(11-7-5-6-8-12(11)16)14(17)20-10(3)23(4,21)22/h5-9,19H,3,18H2,1-2,4H3/b15-13+,20-14+. The second kappa shape index (κ2) is 7.86. The molecule has 8 heteroatoms. The lowest BCUT2D eigenvalue weighted by Crippen LogP contribution is -2.29. The van der Waals surface area contributed by atoms with E-state index in [1.165, 1.54) is 0 Å². The van der Waals surface area contributed by atoms with Crippen molar-refractivity contribution in [1.29, 1.82) is 0 Å². The molecular weight excluding hydrogens is 357 g/mol. The van der Waals surface area contributed by atoms with Crippen LogP contribution in [0.3, 0.4) is 0 Å². The van der Waals surface area contributed by atoms with Crippen LogP contribution >= 0.6 is 23.2 Å². The summed E-state index contributed by atoms with van der Waals surface area (Å²) >= 11 is 12.4. The lowest BCUT2D eigenvalue weighted by atomic mass is 10.1. The SMILES string of the molecule is C=C(/N=C(Cl)\C(=C(/N)NC(C)C)c1ccccc1Cl)S(C)(=O)=O. The maximum atomic E-state index is 11.5. The Morgan fingerprint density at radius 2 is 1.91 bits per heavy atom. The summed E-state index contributed by atoms with van der Waals surface area (Å²) in [4.78, 5) is 3.86. The second-order valence-electron chi connectivity index (χ2n) is 5.14. The minimum atomic E-state index is -3.56. The third kappa shape index (κ3) is 5.57. The largest absolute Gasteiger partial charge is 0.385 e. The van der Waals surface area contributed by atoms with Gasteiger partial charge in [0, 0.05) is 22.9 Å². The fraction of sp³-hybridized carbons (Fsp3) is 0.267. The molecule has 1 rings (SSSR count). The molecule has 0 fully saturated rings. The summed E-state index contributed by atoms with van der Waals surface area (Å²) in [5.74, 6) is 0.239. The molecule has 0 bridgehead atoms. The normalized spacial score (nSPS) is 13.7. The molecule has 23 heavy (non-hydrogen) atoms. The van der Waals surface area contributed by atoms with Crippen LogP contribution in [0.5, 0.6) is 0 Å². The first-order chi connectivity index (χ1) is 10.5. The molecule has 0 aliphatic rings. The number of sulfone groups is 1. The number of nitrogens with two attached hydrogens (primary N) is 1. The molecule has 0 amide bonds. The van der Waals surface area contributed by atoms with E-state index >= 15 is 0 Å². The average molecular weight is 376 g/mol. The summed E-state index contributed by atoms with van der Waals surface area (Å²) in [6, 6.07) is 6.95. The van der Waals surface area contributed by atoms with Crippen molar-refractivity contribution < 1.29 is 8.42 Å². The Bertz CT molecular complexity index is 769. The number of nitrogens with zero attached hydrogens (tertiary/aromatic N) is 1. The van der Waals surface area contributed by atoms with Crippen LogP contribution in [-0.4, -0.2) is 25.9 Å². The van der Waals surface area contributed by atoms with Gasteiger partial charge in [0.1, 0.15) is 16.0 Å². The molecule has 0 radical (unpaired) electrons. The highest BCUT2D eigenvalue weighted by atomic mass is 35.5. The maximum Gasteiger partial charge on any atom is 0.192 e. The fourth-order valence-electron chi connectivity index (χ4n) is 1.66. The van der Waals surface area contributed by atoms with E-state index in [-0.39, 0.29) is 22.1 Å². The molecule has 0 saturated heterocycles. The van der Waals surface area contributed by atoms with Crippen molar-refractivity contribution in [2.45, 2.75) is 19.9 Å². The van der Waals surface area contributed by atoms with Gasteiger partial charge in [-0.3, -0.25) is 0 Å². The van der Waals surface area contributed by atoms with E-state index in [0.717, 1.165) is 6.26 Å². The predicted molar refractivity (Wildman–Crippen MR) is 98.1 cm³/mol. The van der Waals surface area contributed by atoms with Gasteiger partial charge in [0.2, 0.25) is 0 Å². The Morgan fingerprint density at radius 1 is 1.35 bits per heavy atom. The summed E-state index contributed by atoms with van der Waals surface area (Å²) in [6.07, 6.45) is 0.998. The Hall–Kier alpha value is -1.50. The zero-order chi connectivity index (χ0) is 17.8. The van der Waals surface area contributed by atoms with Gasteiger partial charge in [-0.2, -0.15) is 0 Å². The second-order valence-corrected chi connectivity index (χ2v) is 7.92. The lowest BCUT2D eigenvalue weighted by molar-refractivity contribution is 0.607. The quantitative estimate of drug-likeness (QED) is 0.747. The Kier molecular flexibility index (Phi) is 6.68. The molecule has 1 aromatic rings. The van der Waals surface area contributed by atoms with Crippen molar-refractivity contribution >= 4 is 43.8 Å². The molecular formula is C15H19Cl2N3O2S. The van der Waals surface area contributed by atoms with Gasteiger partial charge in [-0.25, -0.2) is 13.4 Å². The number of allylic oxidation sites excluding steroid dienone is 1. The van der Waals surface area contributed by atoms with E-state index in [1.54, 1.807) is 24.3 Å². The fourth-order valence-corrected chi connectivity index (χ4v) is 2.51. The van der Waals surface area contributed by atoms with Gasteiger partial charge < -0.3 is 11.1 Å². The summed E-state index contributed by atoms with van der Waals surface area (Å²) < 4.78 is 23.0. The van der Waals surface area contributed by atoms with Gasteiger partial charge >= 0.3 is 0 Å². The Labute approximate surface area is 146 Å². The number of aliphatic imine (C=N–C) groups is 1. The molecule has 0 aliphatic heterocycles. The summed E-state index contributed by atoms with van der Waals surface area (Å²) in [7, 11) is -3.56. The molecule has 0 heterocycles. The smallest absolute Gasteiger partial charge is 0.192 e. The highest BCUT2D eigenvalue weighted by Crippen LogP contribution is 2.28. The van der Waals surface area contributed by atoms with E-state index < -0.39 is 9.84 Å². The van der Waals surface area contributed by atoms with Crippen molar-refractivity contribution in [3.8, 4) is 0 Å². The summed E-state index contributed by atoms with van der Waals surface area (Å²) in [6.45, 7) is 7.21.